The van der Waals surface area contributed by atoms with Crippen molar-refractivity contribution >= 4 is 0 Å². The maximum Gasteiger partial charge on any atom is 0.0965 e. The average Bonchev–Trinajstić information content (AvgIpc) is 2.65. The van der Waals surface area contributed by atoms with Gasteiger partial charge >= 0.3 is 0 Å². The molecule has 1 heterocycles. The zero-order valence-corrected chi connectivity index (χ0v) is 10.7. The van der Waals surface area contributed by atoms with Crippen LogP contribution in [0.4, 0.5) is 0 Å². The minimum atomic E-state index is -0.00340. The Balaban J connectivity index is 2.30. The molecule has 1 aromatic heterocycles. The molecular weight excluding hydrogens is 204 g/mol. The summed E-state index contributed by atoms with van der Waals surface area (Å²) in [4.78, 5) is 0. The number of rotatable bonds is 6. The fourth-order valence-electron chi connectivity index (χ4n) is 1.21. The van der Waals surface area contributed by atoms with Crippen LogP contribution >= 0.6 is 0 Å². The molecule has 0 atom stereocenters. The topological polar surface area (TPSA) is 52.0 Å². The molecule has 1 rings (SSSR count). The van der Waals surface area contributed by atoms with Crippen molar-refractivity contribution in [2.45, 2.75) is 39.8 Å². The van der Waals surface area contributed by atoms with Gasteiger partial charge in [0.15, 0.2) is 0 Å². The van der Waals surface area contributed by atoms with E-state index in [0.717, 1.165) is 32.0 Å². The summed E-state index contributed by atoms with van der Waals surface area (Å²) in [5.74, 6) is 0. The first-order chi connectivity index (χ1) is 7.54. The molecule has 0 radical (unpaired) electrons. The first kappa shape index (κ1) is 13.1. The van der Waals surface area contributed by atoms with Gasteiger partial charge in [0.05, 0.1) is 24.0 Å². The van der Waals surface area contributed by atoms with Crippen LogP contribution in [0.25, 0.3) is 0 Å². The highest BCUT2D eigenvalue weighted by atomic mass is 16.5. The highest BCUT2D eigenvalue weighted by Gasteiger charge is 2.14. The van der Waals surface area contributed by atoms with Gasteiger partial charge in [0.25, 0.3) is 0 Å². The summed E-state index contributed by atoms with van der Waals surface area (Å²) in [7, 11) is 0. The van der Waals surface area contributed by atoms with E-state index in [1.807, 2.05) is 17.8 Å². The van der Waals surface area contributed by atoms with Gasteiger partial charge in [-0.3, -0.25) is 0 Å². The molecule has 0 aliphatic rings. The van der Waals surface area contributed by atoms with Crippen LogP contribution in [0.1, 0.15) is 33.4 Å². The first-order valence-electron chi connectivity index (χ1n) is 5.74. The van der Waals surface area contributed by atoms with E-state index < -0.39 is 0 Å². The smallest absolute Gasteiger partial charge is 0.0965 e. The van der Waals surface area contributed by atoms with Crippen molar-refractivity contribution in [1.82, 2.24) is 20.3 Å². The molecule has 0 spiro atoms. The fraction of sp³-hybridized carbons (Fsp3) is 0.818. The van der Waals surface area contributed by atoms with E-state index in [1.165, 1.54) is 0 Å². The highest BCUT2D eigenvalue weighted by Crippen LogP contribution is 2.11. The number of nitrogens with one attached hydrogen (secondary N) is 1. The van der Waals surface area contributed by atoms with E-state index in [1.54, 1.807) is 0 Å². The Morgan fingerprint density at radius 3 is 2.75 bits per heavy atom. The second-order valence-corrected chi connectivity index (χ2v) is 4.70. The molecule has 0 saturated heterocycles. The number of hydrogen-bond acceptors (Lipinski definition) is 4. The van der Waals surface area contributed by atoms with Gasteiger partial charge in [-0.25, -0.2) is 4.68 Å². The van der Waals surface area contributed by atoms with Crippen LogP contribution in [0.3, 0.4) is 0 Å². The lowest BCUT2D eigenvalue weighted by molar-refractivity contribution is 0.149. The van der Waals surface area contributed by atoms with Gasteiger partial charge in [-0.15, -0.1) is 5.10 Å². The SMILES string of the molecule is CCOCCNCc1cn(C(C)(C)C)nn1. The summed E-state index contributed by atoms with van der Waals surface area (Å²) >= 11 is 0. The summed E-state index contributed by atoms with van der Waals surface area (Å²) in [5, 5.41) is 11.5. The zero-order chi connectivity index (χ0) is 12.0. The minimum Gasteiger partial charge on any atom is -0.380 e. The third-order valence-electron chi connectivity index (χ3n) is 2.16. The van der Waals surface area contributed by atoms with E-state index in [-0.39, 0.29) is 5.54 Å². The standard InChI is InChI=1S/C11H22N4O/c1-5-16-7-6-12-8-10-9-15(14-13-10)11(2,3)4/h9,12H,5-8H2,1-4H3. The summed E-state index contributed by atoms with van der Waals surface area (Å²) in [5.41, 5.74) is 0.961. The molecule has 92 valence electrons. The third kappa shape index (κ3) is 4.28. The molecule has 0 fully saturated rings. The monoisotopic (exact) mass is 226 g/mol. The summed E-state index contributed by atoms with van der Waals surface area (Å²) in [6.07, 6.45) is 1.98. The molecule has 0 aliphatic carbocycles. The second-order valence-electron chi connectivity index (χ2n) is 4.70. The summed E-state index contributed by atoms with van der Waals surface area (Å²) in [6, 6.07) is 0. The van der Waals surface area contributed by atoms with Crippen molar-refractivity contribution in [3.05, 3.63) is 11.9 Å². The molecule has 5 nitrogen and oxygen atoms in total. The Bertz CT molecular complexity index is 303. The third-order valence-corrected chi connectivity index (χ3v) is 2.16. The van der Waals surface area contributed by atoms with Crippen molar-refractivity contribution in [3.8, 4) is 0 Å². The molecular formula is C11H22N4O. The molecule has 0 aromatic carbocycles. The van der Waals surface area contributed by atoms with Gasteiger partial charge < -0.3 is 10.1 Å². The number of nitrogens with zero attached hydrogens (tertiary/aromatic N) is 3. The molecule has 0 saturated carbocycles. The van der Waals surface area contributed by atoms with Crippen LogP contribution in [-0.2, 0) is 16.8 Å². The molecule has 0 bridgehead atoms. The van der Waals surface area contributed by atoms with Gasteiger partial charge in [0.2, 0.25) is 0 Å². The van der Waals surface area contributed by atoms with Crippen LogP contribution in [-0.4, -0.2) is 34.8 Å². The lowest BCUT2D eigenvalue weighted by Crippen LogP contribution is -2.22. The number of ether oxygens (including phenoxy) is 1. The van der Waals surface area contributed by atoms with Crippen molar-refractivity contribution in [1.29, 1.82) is 0 Å². The Labute approximate surface area is 97.2 Å². The fourth-order valence-corrected chi connectivity index (χ4v) is 1.21. The van der Waals surface area contributed by atoms with Crippen LogP contribution < -0.4 is 5.32 Å². The zero-order valence-electron chi connectivity index (χ0n) is 10.7. The highest BCUT2D eigenvalue weighted by molar-refractivity contribution is 4.93. The van der Waals surface area contributed by atoms with E-state index in [4.69, 9.17) is 4.74 Å². The average molecular weight is 226 g/mol. The van der Waals surface area contributed by atoms with Crippen LogP contribution in [0.15, 0.2) is 6.20 Å². The lowest BCUT2D eigenvalue weighted by atomic mass is 10.1. The van der Waals surface area contributed by atoms with Gasteiger partial charge in [-0.2, -0.15) is 0 Å². The van der Waals surface area contributed by atoms with E-state index >= 15 is 0 Å². The van der Waals surface area contributed by atoms with Crippen molar-refractivity contribution in [2.24, 2.45) is 0 Å². The number of aromatic nitrogens is 3. The predicted molar refractivity (Wildman–Crippen MR) is 63.2 cm³/mol. The second kappa shape index (κ2) is 5.96. The summed E-state index contributed by atoms with van der Waals surface area (Å²) < 4.78 is 7.11. The Morgan fingerprint density at radius 1 is 1.44 bits per heavy atom. The number of hydrogen-bond donors (Lipinski definition) is 1. The molecule has 5 heteroatoms. The predicted octanol–water partition coefficient (Wildman–Crippen LogP) is 1.16. The maximum absolute atomic E-state index is 5.23. The van der Waals surface area contributed by atoms with Crippen LogP contribution in [0, 0.1) is 0 Å². The van der Waals surface area contributed by atoms with Gasteiger partial charge in [0, 0.05) is 19.7 Å². The van der Waals surface area contributed by atoms with Crippen LogP contribution in [0.5, 0.6) is 0 Å². The van der Waals surface area contributed by atoms with E-state index in [0.29, 0.717) is 0 Å². The molecule has 1 aromatic rings. The molecule has 0 aliphatic heterocycles. The molecule has 0 unspecified atom stereocenters. The molecule has 0 amide bonds. The van der Waals surface area contributed by atoms with Crippen LogP contribution in [0.2, 0.25) is 0 Å². The normalized spacial score (nSPS) is 12.0. The van der Waals surface area contributed by atoms with Crippen molar-refractivity contribution in [3.63, 3.8) is 0 Å². The Kier molecular flexibility index (Phi) is 4.89. The van der Waals surface area contributed by atoms with Crippen molar-refractivity contribution in [2.75, 3.05) is 19.8 Å². The van der Waals surface area contributed by atoms with Gasteiger partial charge in [0.1, 0.15) is 0 Å². The Morgan fingerprint density at radius 2 is 2.19 bits per heavy atom. The van der Waals surface area contributed by atoms with Crippen molar-refractivity contribution < 1.29 is 4.74 Å². The first-order valence-corrected chi connectivity index (χ1v) is 5.74. The van der Waals surface area contributed by atoms with Gasteiger partial charge in [-0.05, 0) is 27.7 Å². The maximum atomic E-state index is 5.23. The minimum absolute atomic E-state index is 0.00340. The largest absolute Gasteiger partial charge is 0.380 e. The molecule has 1 N–H and O–H groups in total. The summed E-state index contributed by atoms with van der Waals surface area (Å²) in [6.45, 7) is 11.4. The van der Waals surface area contributed by atoms with E-state index in [2.05, 4.69) is 36.4 Å². The molecule has 16 heavy (non-hydrogen) atoms. The van der Waals surface area contributed by atoms with Gasteiger partial charge in [-0.1, -0.05) is 5.21 Å². The van der Waals surface area contributed by atoms with E-state index in [9.17, 15) is 0 Å². The quantitative estimate of drug-likeness (QED) is 0.740. The lowest BCUT2D eigenvalue weighted by Gasteiger charge is -2.17. The Hall–Kier alpha value is -0.940.